The third kappa shape index (κ3) is 4.37. The minimum Gasteiger partial charge on any atom is -0.490 e. The Kier molecular flexibility index (Phi) is 6.53. The summed E-state index contributed by atoms with van der Waals surface area (Å²) < 4.78 is 17.8. The normalized spacial score (nSPS) is 14.6. The second-order valence-electron chi connectivity index (χ2n) is 9.06. The van der Waals surface area contributed by atoms with Crippen molar-refractivity contribution in [1.29, 1.82) is 0 Å². The Morgan fingerprint density at radius 3 is 2.68 bits per heavy atom. The maximum Gasteiger partial charge on any atom is 0.291 e. The molecule has 1 aliphatic rings. The summed E-state index contributed by atoms with van der Waals surface area (Å²) in [4.78, 5) is 33.6. The molecule has 0 bridgehead atoms. The molecule has 0 aliphatic carbocycles. The van der Waals surface area contributed by atoms with E-state index in [-0.39, 0.29) is 23.6 Å². The summed E-state index contributed by atoms with van der Waals surface area (Å²) in [6.45, 7) is 10.4. The number of ether oxygens (including phenoxy) is 2. The number of pyridine rings is 1. The zero-order chi connectivity index (χ0) is 26.1. The average molecular weight is 497 g/mol. The van der Waals surface area contributed by atoms with Crippen LogP contribution in [0.15, 0.2) is 76.7 Å². The van der Waals surface area contributed by atoms with E-state index in [2.05, 4.69) is 11.6 Å². The van der Waals surface area contributed by atoms with Crippen molar-refractivity contribution < 1.29 is 18.7 Å². The van der Waals surface area contributed by atoms with Gasteiger partial charge in [0.05, 0.1) is 23.6 Å². The van der Waals surface area contributed by atoms with Crippen molar-refractivity contribution in [3.63, 3.8) is 0 Å². The first-order valence-electron chi connectivity index (χ1n) is 12.2. The molecule has 2 aromatic heterocycles. The SMILES string of the molecule is C=CCOc1ccc(C2c3c(oc4cc(C)cc(C)c4c3=O)C(=O)N2Cc2cccnc2)cc1OCC. The number of hydrogen-bond donors (Lipinski definition) is 0. The van der Waals surface area contributed by atoms with Gasteiger partial charge in [-0.3, -0.25) is 14.6 Å². The van der Waals surface area contributed by atoms with Gasteiger partial charge in [-0.2, -0.15) is 0 Å². The van der Waals surface area contributed by atoms with E-state index in [1.807, 2.05) is 51.1 Å². The lowest BCUT2D eigenvalue weighted by atomic mass is 9.96. The van der Waals surface area contributed by atoms with Gasteiger partial charge in [0, 0.05) is 18.9 Å². The number of benzene rings is 2. The molecular formula is C30H28N2O5. The van der Waals surface area contributed by atoms with E-state index in [0.717, 1.165) is 22.3 Å². The highest BCUT2D eigenvalue weighted by Gasteiger charge is 2.43. The topological polar surface area (TPSA) is 81.9 Å². The number of rotatable bonds is 8. The van der Waals surface area contributed by atoms with Crippen LogP contribution in [0.4, 0.5) is 0 Å². The van der Waals surface area contributed by atoms with Gasteiger partial charge in [0.1, 0.15) is 12.2 Å². The van der Waals surface area contributed by atoms with Gasteiger partial charge in [-0.05, 0) is 67.3 Å². The van der Waals surface area contributed by atoms with Crippen molar-refractivity contribution in [3.05, 3.63) is 111 Å². The van der Waals surface area contributed by atoms with Crippen LogP contribution in [0, 0.1) is 13.8 Å². The first kappa shape index (κ1) is 24.3. The van der Waals surface area contributed by atoms with Crippen LogP contribution >= 0.6 is 0 Å². The van der Waals surface area contributed by atoms with Crippen LogP contribution in [0.3, 0.4) is 0 Å². The molecule has 0 fully saturated rings. The summed E-state index contributed by atoms with van der Waals surface area (Å²) in [6, 6.07) is 12.3. The van der Waals surface area contributed by atoms with Gasteiger partial charge < -0.3 is 18.8 Å². The Labute approximate surface area is 215 Å². The zero-order valence-electron chi connectivity index (χ0n) is 21.1. The van der Waals surface area contributed by atoms with Gasteiger partial charge >= 0.3 is 0 Å². The van der Waals surface area contributed by atoms with Gasteiger partial charge in [-0.25, -0.2) is 0 Å². The molecule has 2 aromatic carbocycles. The van der Waals surface area contributed by atoms with Crippen LogP contribution in [0.1, 0.15) is 51.3 Å². The van der Waals surface area contributed by atoms with E-state index in [1.54, 1.807) is 35.5 Å². The lowest BCUT2D eigenvalue weighted by molar-refractivity contribution is 0.0714. The molecule has 0 spiro atoms. The van der Waals surface area contributed by atoms with Crippen molar-refractivity contribution >= 4 is 16.9 Å². The van der Waals surface area contributed by atoms with Crippen molar-refractivity contribution in [2.75, 3.05) is 13.2 Å². The fraction of sp³-hybridized carbons (Fsp3) is 0.233. The number of aryl methyl sites for hydroxylation is 2. The number of aromatic nitrogens is 1. The molecule has 7 nitrogen and oxygen atoms in total. The van der Waals surface area contributed by atoms with E-state index in [1.165, 1.54) is 0 Å². The average Bonchev–Trinajstić information content (AvgIpc) is 3.15. The maximum atomic E-state index is 14.0. The molecule has 188 valence electrons. The fourth-order valence-electron chi connectivity index (χ4n) is 4.94. The van der Waals surface area contributed by atoms with E-state index in [9.17, 15) is 9.59 Å². The Morgan fingerprint density at radius 1 is 1.11 bits per heavy atom. The van der Waals surface area contributed by atoms with Gasteiger partial charge in [0.25, 0.3) is 5.91 Å². The molecule has 1 amide bonds. The monoisotopic (exact) mass is 496 g/mol. The predicted octanol–water partition coefficient (Wildman–Crippen LogP) is 5.51. The number of fused-ring (bicyclic) bond motifs is 2. The molecule has 37 heavy (non-hydrogen) atoms. The van der Waals surface area contributed by atoms with Crippen molar-refractivity contribution in [1.82, 2.24) is 9.88 Å². The van der Waals surface area contributed by atoms with Crippen LogP contribution in [-0.4, -0.2) is 29.0 Å². The van der Waals surface area contributed by atoms with E-state index in [0.29, 0.717) is 41.2 Å². The summed E-state index contributed by atoms with van der Waals surface area (Å²) in [6.07, 6.45) is 5.05. The molecular weight excluding hydrogens is 468 g/mol. The Morgan fingerprint density at radius 2 is 1.95 bits per heavy atom. The predicted molar refractivity (Wildman–Crippen MR) is 141 cm³/mol. The molecule has 0 saturated carbocycles. The van der Waals surface area contributed by atoms with E-state index < -0.39 is 6.04 Å². The molecule has 0 radical (unpaired) electrons. The first-order chi connectivity index (χ1) is 17.9. The third-order valence-corrected chi connectivity index (χ3v) is 6.43. The molecule has 0 N–H and O–H groups in total. The van der Waals surface area contributed by atoms with Gasteiger partial charge in [-0.15, -0.1) is 0 Å². The second kappa shape index (κ2) is 9.93. The molecule has 3 heterocycles. The minimum absolute atomic E-state index is 0.0707. The van der Waals surface area contributed by atoms with Crippen LogP contribution in [-0.2, 0) is 6.54 Å². The van der Waals surface area contributed by atoms with Gasteiger partial charge in [0.15, 0.2) is 16.9 Å². The van der Waals surface area contributed by atoms with Crippen LogP contribution in [0.25, 0.3) is 11.0 Å². The minimum atomic E-state index is -0.670. The van der Waals surface area contributed by atoms with Gasteiger partial charge in [0.2, 0.25) is 5.76 Å². The smallest absolute Gasteiger partial charge is 0.291 e. The molecule has 1 aliphatic heterocycles. The quantitative estimate of drug-likeness (QED) is 0.299. The van der Waals surface area contributed by atoms with E-state index in [4.69, 9.17) is 13.9 Å². The Balaban J connectivity index is 1.72. The van der Waals surface area contributed by atoms with Crippen LogP contribution < -0.4 is 14.9 Å². The molecule has 0 saturated heterocycles. The summed E-state index contributed by atoms with van der Waals surface area (Å²) in [5, 5.41) is 0.487. The number of carbonyl (C=O) groups is 1. The Bertz CT molecular complexity index is 1560. The molecule has 5 rings (SSSR count). The largest absolute Gasteiger partial charge is 0.490 e. The van der Waals surface area contributed by atoms with Crippen molar-refractivity contribution in [2.45, 2.75) is 33.4 Å². The van der Waals surface area contributed by atoms with Gasteiger partial charge in [-0.1, -0.05) is 30.9 Å². The second-order valence-corrected chi connectivity index (χ2v) is 9.06. The van der Waals surface area contributed by atoms with Crippen LogP contribution in [0.2, 0.25) is 0 Å². The standard InChI is InChI=1S/C30H28N2O5/c1-5-12-36-22-10-9-21(15-23(22)35-6-2)27-26-28(33)25-19(4)13-18(3)14-24(25)37-29(26)30(34)32(27)17-20-8-7-11-31-16-20/h5,7-11,13-16,27H,1,6,12,17H2,2-4H3. The number of amides is 1. The summed E-state index contributed by atoms with van der Waals surface area (Å²) in [5.74, 6) is 0.820. The first-order valence-corrected chi connectivity index (χ1v) is 12.2. The number of nitrogens with zero attached hydrogens (tertiary/aromatic N) is 2. The molecule has 4 aromatic rings. The Hall–Kier alpha value is -4.39. The maximum absolute atomic E-state index is 14.0. The highest BCUT2D eigenvalue weighted by molar-refractivity contribution is 5.99. The highest BCUT2D eigenvalue weighted by atomic mass is 16.5. The lowest BCUT2D eigenvalue weighted by Gasteiger charge is -2.26. The molecule has 1 atom stereocenters. The van der Waals surface area contributed by atoms with Crippen LogP contribution in [0.5, 0.6) is 11.5 Å². The summed E-state index contributed by atoms with van der Waals surface area (Å²) in [5.41, 5.74) is 3.88. The zero-order valence-corrected chi connectivity index (χ0v) is 21.1. The molecule has 1 unspecified atom stereocenters. The van der Waals surface area contributed by atoms with E-state index >= 15 is 0 Å². The fourth-order valence-corrected chi connectivity index (χ4v) is 4.94. The lowest BCUT2D eigenvalue weighted by Crippen LogP contribution is -2.29. The van der Waals surface area contributed by atoms with Crippen molar-refractivity contribution in [2.24, 2.45) is 0 Å². The number of hydrogen-bond acceptors (Lipinski definition) is 6. The summed E-state index contributed by atoms with van der Waals surface area (Å²) in [7, 11) is 0. The third-order valence-electron chi connectivity index (χ3n) is 6.43. The number of carbonyl (C=O) groups excluding carboxylic acids is 1. The molecule has 7 heteroatoms. The summed E-state index contributed by atoms with van der Waals surface area (Å²) >= 11 is 0. The van der Waals surface area contributed by atoms with Crippen molar-refractivity contribution in [3.8, 4) is 11.5 Å². The highest BCUT2D eigenvalue weighted by Crippen LogP contribution is 2.42.